The number of unbranched alkanes of at least 4 members (excludes halogenated alkanes) is 1. The lowest BCUT2D eigenvalue weighted by Crippen LogP contribution is -2.32. The van der Waals surface area contributed by atoms with Crippen LogP contribution in [0, 0.1) is 5.41 Å². The number of nitrogens with zero attached hydrogens (tertiary/aromatic N) is 1. The molecule has 1 aromatic carbocycles. The van der Waals surface area contributed by atoms with Gasteiger partial charge >= 0.3 is 0 Å². The number of oxime groups is 1. The molecule has 0 unspecified atom stereocenters. The van der Waals surface area contributed by atoms with Gasteiger partial charge < -0.3 is 16.3 Å². The minimum atomic E-state index is -0.253. The molecule has 1 rings (SSSR count). The number of hydrogen-bond donors (Lipinski definition) is 3. The number of hydrogen-bond acceptors (Lipinski definition) is 3. The van der Waals surface area contributed by atoms with Crippen molar-refractivity contribution >= 4 is 17.4 Å². The maximum atomic E-state index is 8.73. The number of nitrogens with two attached hydrogens (primary N) is 1. The van der Waals surface area contributed by atoms with Crippen LogP contribution in [0.5, 0.6) is 0 Å². The Morgan fingerprint density at radius 3 is 2.52 bits per heavy atom. The molecule has 0 aromatic heterocycles. The lowest BCUT2D eigenvalue weighted by atomic mass is 9.86. The van der Waals surface area contributed by atoms with Crippen LogP contribution in [0.2, 0.25) is 5.02 Å². The molecule has 4 nitrogen and oxygen atoms in total. The molecule has 0 radical (unpaired) electrons. The molecule has 0 bridgehead atoms. The Bertz CT molecular complexity index is 457. The topological polar surface area (TPSA) is 70.6 Å². The van der Waals surface area contributed by atoms with Gasteiger partial charge in [0.15, 0.2) is 0 Å². The van der Waals surface area contributed by atoms with Crippen molar-refractivity contribution in [3.8, 4) is 0 Å². The first-order valence-electron chi connectivity index (χ1n) is 7.33. The molecule has 0 saturated carbocycles. The van der Waals surface area contributed by atoms with E-state index < -0.39 is 0 Å². The second-order valence-corrected chi connectivity index (χ2v) is 6.49. The highest BCUT2D eigenvalue weighted by molar-refractivity contribution is 6.30. The predicted octanol–water partition coefficient (Wildman–Crippen LogP) is 3.93. The molecule has 21 heavy (non-hydrogen) atoms. The van der Waals surface area contributed by atoms with Crippen molar-refractivity contribution in [2.45, 2.75) is 46.1 Å². The van der Waals surface area contributed by atoms with Gasteiger partial charge in [0.2, 0.25) is 0 Å². The molecule has 0 aliphatic heterocycles. The average molecular weight is 312 g/mol. The summed E-state index contributed by atoms with van der Waals surface area (Å²) in [5.74, 6) is 0.296. The van der Waals surface area contributed by atoms with Crippen LogP contribution in [0.4, 0.5) is 0 Å². The van der Waals surface area contributed by atoms with Gasteiger partial charge in [-0.05, 0) is 44.0 Å². The van der Waals surface area contributed by atoms with Crippen LogP contribution < -0.4 is 11.1 Å². The van der Waals surface area contributed by atoms with Crippen molar-refractivity contribution in [2.75, 3.05) is 6.54 Å². The number of benzene rings is 1. The van der Waals surface area contributed by atoms with Crippen molar-refractivity contribution < 1.29 is 5.21 Å². The van der Waals surface area contributed by atoms with Crippen LogP contribution in [0.3, 0.4) is 0 Å². The van der Waals surface area contributed by atoms with E-state index in [9.17, 15) is 0 Å². The summed E-state index contributed by atoms with van der Waals surface area (Å²) in [6.07, 6.45) is 2.99. The van der Waals surface area contributed by atoms with E-state index in [1.54, 1.807) is 0 Å². The van der Waals surface area contributed by atoms with E-state index in [0.717, 1.165) is 30.8 Å². The van der Waals surface area contributed by atoms with Crippen LogP contribution in [0.1, 0.15) is 51.6 Å². The summed E-state index contributed by atoms with van der Waals surface area (Å²) in [7, 11) is 0. The fraction of sp³-hybridized carbons (Fsp3) is 0.562. The van der Waals surface area contributed by atoms with Gasteiger partial charge in [-0.2, -0.15) is 0 Å². The Kier molecular flexibility index (Phi) is 6.99. The van der Waals surface area contributed by atoms with Crippen LogP contribution in [0.25, 0.3) is 0 Å². The number of amidine groups is 1. The zero-order valence-corrected chi connectivity index (χ0v) is 13.8. The van der Waals surface area contributed by atoms with E-state index in [1.165, 1.54) is 5.56 Å². The molecule has 0 amide bonds. The fourth-order valence-electron chi connectivity index (χ4n) is 2.14. The summed E-state index contributed by atoms with van der Waals surface area (Å²) < 4.78 is 0. The Hall–Kier alpha value is -1.26. The molecule has 1 atom stereocenters. The minimum Gasteiger partial charge on any atom is -0.409 e. The highest BCUT2D eigenvalue weighted by Crippen LogP contribution is 2.23. The monoisotopic (exact) mass is 311 g/mol. The van der Waals surface area contributed by atoms with E-state index in [1.807, 2.05) is 38.1 Å². The largest absolute Gasteiger partial charge is 0.409 e. The van der Waals surface area contributed by atoms with E-state index in [0.29, 0.717) is 11.9 Å². The smallest absolute Gasteiger partial charge is 0.144 e. The summed E-state index contributed by atoms with van der Waals surface area (Å²) in [5, 5.41) is 16.1. The van der Waals surface area contributed by atoms with Crippen molar-refractivity contribution in [1.82, 2.24) is 5.32 Å². The Morgan fingerprint density at radius 1 is 1.33 bits per heavy atom. The highest BCUT2D eigenvalue weighted by atomic mass is 35.5. The fourth-order valence-corrected chi connectivity index (χ4v) is 2.27. The Balaban J connectivity index is 2.27. The second kappa shape index (κ2) is 8.25. The highest BCUT2D eigenvalue weighted by Gasteiger charge is 2.22. The summed E-state index contributed by atoms with van der Waals surface area (Å²) in [6.45, 7) is 7.07. The first kappa shape index (κ1) is 17.8. The van der Waals surface area contributed by atoms with Crippen LogP contribution in [-0.4, -0.2) is 17.6 Å². The standard InChI is InChI=1S/C16H26ClN3O/c1-12(13-6-8-14(17)9-7-13)19-11-5-4-10-16(2,3)15(18)20-21/h6-9,12,19,21H,4-5,10-11H2,1-3H3,(H2,18,20)/t12-/m0/s1. The summed E-state index contributed by atoms with van der Waals surface area (Å²) in [4.78, 5) is 0. The normalized spacial score (nSPS) is 14.2. The third-order valence-electron chi connectivity index (χ3n) is 3.85. The summed E-state index contributed by atoms with van der Waals surface area (Å²) >= 11 is 5.88. The molecule has 1 aromatic rings. The molecule has 0 aliphatic rings. The van der Waals surface area contributed by atoms with E-state index in [-0.39, 0.29) is 5.41 Å². The van der Waals surface area contributed by atoms with Gasteiger partial charge in [-0.3, -0.25) is 0 Å². The van der Waals surface area contributed by atoms with Gasteiger partial charge in [-0.25, -0.2) is 0 Å². The third-order valence-corrected chi connectivity index (χ3v) is 4.10. The van der Waals surface area contributed by atoms with Crippen molar-refractivity contribution in [1.29, 1.82) is 0 Å². The van der Waals surface area contributed by atoms with Gasteiger partial charge in [-0.15, -0.1) is 0 Å². The van der Waals surface area contributed by atoms with Gasteiger partial charge in [0, 0.05) is 16.5 Å². The van der Waals surface area contributed by atoms with Crippen LogP contribution in [-0.2, 0) is 0 Å². The number of nitrogens with one attached hydrogen (secondary N) is 1. The molecule has 4 N–H and O–H groups in total. The lowest BCUT2D eigenvalue weighted by molar-refractivity contribution is 0.304. The maximum absolute atomic E-state index is 8.73. The second-order valence-electron chi connectivity index (χ2n) is 6.05. The molecule has 118 valence electrons. The van der Waals surface area contributed by atoms with Crippen LogP contribution >= 0.6 is 11.6 Å². The zero-order chi connectivity index (χ0) is 15.9. The molecule has 0 aliphatic carbocycles. The van der Waals surface area contributed by atoms with E-state index >= 15 is 0 Å². The molecule has 0 spiro atoms. The Morgan fingerprint density at radius 2 is 1.95 bits per heavy atom. The minimum absolute atomic E-state index is 0.253. The summed E-state index contributed by atoms with van der Waals surface area (Å²) in [6, 6.07) is 8.21. The van der Waals surface area contributed by atoms with Gasteiger partial charge in [-0.1, -0.05) is 49.2 Å². The number of rotatable bonds is 8. The predicted molar refractivity (Wildman–Crippen MR) is 88.9 cm³/mol. The van der Waals surface area contributed by atoms with Gasteiger partial charge in [0.1, 0.15) is 5.84 Å². The number of halogens is 1. The molecule has 0 heterocycles. The van der Waals surface area contributed by atoms with Crippen molar-refractivity contribution in [3.05, 3.63) is 34.9 Å². The van der Waals surface area contributed by atoms with Gasteiger partial charge in [0.05, 0.1) is 0 Å². The maximum Gasteiger partial charge on any atom is 0.144 e. The third kappa shape index (κ3) is 5.94. The van der Waals surface area contributed by atoms with Gasteiger partial charge in [0.25, 0.3) is 0 Å². The lowest BCUT2D eigenvalue weighted by Gasteiger charge is -2.22. The molecule has 5 heteroatoms. The van der Waals surface area contributed by atoms with E-state index in [4.69, 9.17) is 22.5 Å². The van der Waals surface area contributed by atoms with Crippen molar-refractivity contribution in [2.24, 2.45) is 16.3 Å². The first-order chi connectivity index (χ1) is 9.86. The molecular weight excluding hydrogens is 286 g/mol. The summed E-state index contributed by atoms with van der Waals surface area (Å²) in [5.41, 5.74) is 6.65. The Labute approximate surface area is 132 Å². The first-order valence-corrected chi connectivity index (χ1v) is 7.71. The quantitative estimate of drug-likeness (QED) is 0.224. The zero-order valence-electron chi connectivity index (χ0n) is 13.1. The van der Waals surface area contributed by atoms with E-state index in [2.05, 4.69) is 17.4 Å². The van der Waals surface area contributed by atoms with Crippen LogP contribution in [0.15, 0.2) is 29.4 Å². The molecular formula is C16H26ClN3O. The van der Waals surface area contributed by atoms with Crippen molar-refractivity contribution in [3.63, 3.8) is 0 Å². The SMILES string of the molecule is C[C@H](NCCCCC(C)(C)/C(N)=N/O)c1ccc(Cl)cc1. The average Bonchev–Trinajstić information content (AvgIpc) is 2.46. The molecule has 0 fully saturated rings. The molecule has 0 saturated heterocycles.